The number of piperidine rings is 1. The van der Waals surface area contributed by atoms with Gasteiger partial charge in [0.05, 0.1) is 12.3 Å². The van der Waals surface area contributed by atoms with Gasteiger partial charge in [-0.25, -0.2) is 4.98 Å². The Labute approximate surface area is 153 Å². The van der Waals surface area contributed by atoms with Gasteiger partial charge >= 0.3 is 0 Å². The number of aromatic nitrogens is 1. The van der Waals surface area contributed by atoms with Crippen LogP contribution >= 0.6 is 11.3 Å². The molecule has 1 aliphatic rings. The summed E-state index contributed by atoms with van der Waals surface area (Å²) in [5.41, 5.74) is 2.23. The van der Waals surface area contributed by atoms with Crippen molar-refractivity contribution >= 4 is 17.2 Å². The van der Waals surface area contributed by atoms with E-state index in [1.807, 2.05) is 19.1 Å². The molecule has 0 bridgehead atoms. The third-order valence-electron chi connectivity index (χ3n) is 4.55. The van der Waals surface area contributed by atoms with Gasteiger partial charge in [0, 0.05) is 30.5 Å². The van der Waals surface area contributed by atoms with Crippen LogP contribution in [0.5, 0.6) is 5.75 Å². The highest BCUT2D eigenvalue weighted by Gasteiger charge is 2.24. The van der Waals surface area contributed by atoms with Crippen molar-refractivity contribution in [2.24, 2.45) is 5.92 Å². The fraction of sp³-hybridized carbons (Fsp3) is 0.474. The summed E-state index contributed by atoms with van der Waals surface area (Å²) in [6.07, 6.45) is 1.85. The van der Waals surface area contributed by atoms with Gasteiger partial charge in [-0.3, -0.25) is 9.69 Å². The molecule has 0 saturated carbocycles. The maximum absolute atomic E-state index is 11.7. The first-order valence-electron chi connectivity index (χ1n) is 8.81. The average molecular weight is 359 g/mol. The Morgan fingerprint density at radius 3 is 2.68 bits per heavy atom. The minimum Gasteiger partial charge on any atom is -0.494 e. The Bertz CT molecular complexity index is 691. The van der Waals surface area contributed by atoms with Gasteiger partial charge < -0.3 is 10.1 Å². The third-order valence-corrected chi connectivity index (χ3v) is 5.49. The van der Waals surface area contributed by atoms with Crippen LogP contribution in [0.25, 0.3) is 10.6 Å². The van der Waals surface area contributed by atoms with Crippen molar-refractivity contribution in [3.05, 3.63) is 35.3 Å². The van der Waals surface area contributed by atoms with E-state index in [1.165, 1.54) is 0 Å². The summed E-state index contributed by atoms with van der Waals surface area (Å²) >= 11 is 1.68. The summed E-state index contributed by atoms with van der Waals surface area (Å²) in [6, 6.07) is 8.10. The lowest BCUT2D eigenvalue weighted by atomic mass is 9.96. The molecule has 1 aromatic carbocycles. The molecule has 3 rings (SSSR count). The molecule has 2 aromatic rings. The molecule has 0 unspecified atom stereocenters. The summed E-state index contributed by atoms with van der Waals surface area (Å²) < 4.78 is 5.48. The van der Waals surface area contributed by atoms with Crippen LogP contribution in [-0.4, -0.2) is 42.5 Å². The number of likely N-dealkylation sites (tertiary alicyclic amines) is 1. The van der Waals surface area contributed by atoms with Crippen LogP contribution < -0.4 is 10.1 Å². The van der Waals surface area contributed by atoms with Gasteiger partial charge in [0.25, 0.3) is 0 Å². The van der Waals surface area contributed by atoms with Gasteiger partial charge in [-0.05, 0) is 57.1 Å². The number of hydrogen-bond acceptors (Lipinski definition) is 5. The Balaban J connectivity index is 1.56. The van der Waals surface area contributed by atoms with Crippen LogP contribution in [0.1, 0.15) is 25.5 Å². The van der Waals surface area contributed by atoms with E-state index in [-0.39, 0.29) is 11.8 Å². The first-order valence-corrected chi connectivity index (χ1v) is 9.69. The van der Waals surface area contributed by atoms with Crippen LogP contribution in [0.3, 0.4) is 0 Å². The van der Waals surface area contributed by atoms with Crippen LogP contribution in [-0.2, 0) is 11.3 Å². The molecule has 1 amide bonds. The smallest absolute Gasteiger partial charge is 0.222 e. The number of nitrogens with one attached hydrogen (secondary N) is 1. The predicted octanol–water partition coefficient (Wildman–Crippen LogP) is 3.17. The number of amides is 1. The van der Waals surface area contributed by atoms with E-state index in [0.29, 0.717) is 6.61 Å². The van der Waals surface area contributed by atoms with Gasteiger partial charge in [0.15, 0.2) is 0 Å². The van der Waals surface area contributed by atoms with Crippen LogP contribution in [0.4, 0.5) is 0 Å². The van der Waals surface area contributed by atoms with Crippen LogP contribution in [0.15, 0.2) is 29.6 Å². The quantitative estimate of drug-likeness (QED) is 0.861. The summed E-state index contributed by atoms with van der Waals surface area (Å²) in [6.45, 7) is 5.42. The fourth-order valence-electron chi connectivity index (χ4n) is 3.16. The number of benzene rings is 1. The Morgan fingerprint density at radius 1 is 1.32 bits per heavy atom. The van der Waals surface area contributed by atoms with Crippen molar-refractivity contribution < 1.29 is 9.53 Å². The molecular weight excluding hydrogens is 334 g/mol. The molecule has 5 nitrogen and oxygen atoms in total. The van der Waals surface area contributed by atoms with Gasteiger partial charge in [-0.15, -0.1) is 11.3 Å². The molecular formula is C19H25N3O2S. The number of thiazole rings is 1. The fourth-order valence-corrected chi connectivity index (χ4v) is 3.98. The third kappa shape index (κ3) is 4.58. The molecule has 0 radical (unpaired) electrons. The van der Waals surface area contributed by atoms with Crippen LogP contribution in [0.2, 0.25) is 0 Å². The molecule has 0 spiro atoms. The van der Waals surface area contributed by atoms with E-state index in [4.69, 9.17) is 9.72 Å². The molecule has 0 aliphatic carbocycles. The summed E-state index contributed by atoms with van der Waals surface area (Å²) in [4.78, 5) is 18.9. The summed E-state index contributed by atoms with van der Waals surface area (Å²) in [5, 5.41) is 5.93. The van der Waals surface area contributed by atoms with Crippen molar-refractivity contribution in [3.63, 3.8) is 0 Å². The minimum atomic E-state index is 0.163. The summed E-state index contributed by atoms with van der Waals surface area (Å²) in [5.74, 6) is 1.23. The van der Waals surface area contributed by atoms with E-state index in [2.05, 4.69) is 27.7 Å². The highest BCUT2D eigenvalue weighted by atomic mass is 32.1. The van der Waals surface area contributed by atoms with Crippen molar-refractivity contribution in [1.29, 1.82) is 0 Å². The van der Waals surface area contributed by atoms with E-state index < -0.39 is 0 Å². The van der Waals surface area contributed by atoms with E-state index in [0.717, 1.165) is 54.5 Å². The molecule has 1 aromatic heterocycles. The highest BCUT2D eigenvalue weighted by molar-refractivity contribution is 7.13. The number of rotatable bonds is 6. The number of carbonyl (C=O) groups excluding carboxylic acids is 1. The number of nitrogens with zero attached hydrogens (tertiary/aromatic N) is 2. The number of carbonyl (C=O) groups is 1. The maximum Gasteiger partial charge on any atom is 0.222 e. The van der Waals surface area contributed by atoms with Crippen molar-refractivity contribution in [2.75, 3.05) is 26.7 Å². The van der Waals surface area contributed by atoms with E-state index in [1.54, 1.807) is 18.4 Å². The maximum atomic E-state index is 11.7. The van der Waals surface area contributed by atoms with Gasteiger partial charge in [0.2, 0.25) is 5.91 Å². The van der Waals surface area contributed by atoms with Crippen molar-refractivity contribution in [1.82, 2.24) is 15.2 Å². The zero-order valence-corrected chi connectivity index (χ0v) is 15.6. The monoisotopic (exact) mass is 359 g/mol. The second-order valence-electron chi connectivity index (χ2n) is 6.27. The Kier molecular flexibility index (Phi) is 6.04. The normalized spacial score (nSPS) is 15.9. The molecule has 6 heteroatoms. The predicted molar refractivity (Wildman–Crippen MR) is 101 cm³/mol. The number of ether oxygens (including phenoxy) is 1. The zero-order chi connectivity index (χ0) is 17.6. The highest BCUT2D eigenvalue weighted by Crippen LogP contribution is 2.27. The van der Waals surface area contributed by atoms with E-state index in [9.17, 15) is 4.79 Å². The van der Waals surface area contributed by atoms with Gasteiger partial charge in [0.1, 0.15) is 10.8 Å². The van der Waals surface area contributed by atoms with Crippen LogP contribution in [0, 0.1) is 5.92 Å². The van der Waals surface area contributed by atoms with Gasteiger partial charge in [-0.1, -0.05) is 0 Å². The lowest BCUT2D eigenvalue weighted by Gasteiger charge is -2.30. The molecule has 25 heavy (non-hydrogen) atoms. The van der Waals surface area contributed by atoms with Crippen molar-refractivity contribution in [3.8, 4) is 16.3 Å². The molecule has 1 fully saturated rings. The lowest BCUT2D eigenvalue weighted by molar-refractivity contribution is -0.125. The Hall–Kier alpha value is -1.92. The number of hydrogen-bond donors (Lipinski definition) is 1. The van der Waals surface area contributed by atoms with E-state index >= 15 is 0 Å². The standard InChI is InChI=1S/C19H25N3O2S/c1-3-24-17-6-4-15(5-7-17)19-21-16(13-25-19)12-22-10-8-14(9-11-22)18(23)20-2/h4-7,13-14H,3,8-12H2,1-2H3,(H,20,23). The molecule has 134 valence electrons. The molecule has 1 aliphatic heterocycles. The lowest BCUT2D eigenvalue weighted by Crippen LogP contribution is -2.39. The molecule has 1 N–H and O–H groups in total. The Morgan fingerprint density at radius 2 is 2.04 bits per heavy atom. The second kappa shape index (κ2) is 8.45. The minimum absolute atomic E-state index is 0.163. The van der Waals surface area contributed by atoms with Crippen molar-refractivity contribution in [2.45, 2.75) is 26.3 Å². The average Bonchev–Trinajstić information content (AvgIpc) is 3.11. The zero-order valence-electron chi connectivity index (χ0n) is 14.8. The molecule has 0 atom stereocenters. The molecule has 2 heterocycles. The topological polar surface area (TPSA) is 54.5 Å². The molecule has 1 saturated heterocycles. The SMILES string of the molecule is CCOc1ccc(-c2nc(CN3CCC(C(=O)NC)CC3)cs2)cc1. The largest absolute Gasteiger partial charge is 0.494 e. The first kappa shape index (κ1) is 17.9. The van der Waals surface area contributed by atoms with Gasteiger partial charge in [-0.2, -0.15) is 0 Å². The first-order chi connectivity index (χ1) is 12.2. The summed E-state index contributed by atoms with van der Waals surface area (Å²) in [7, 11) is 1.71. The second-order valence-corrected chi connectivity index (χ2v) is 7.12.